The molecule has 0 aliphatic heterocycles. The van der Waals surface area contributed by atoms with Crippen molar-refractivity contribution in [2.45, 2.75) is 6.42 Å². The molecular formula is C17H15N3O. The first-order chi connectivity index (χ1) is 10.4. The molecule has 0 amide bonds. The third kappa shape index (κ3) is 2.89. The average molecular weight is 277 g/mol. The van der Waals surface area contributed by atoms with E-state index in [9.17, 15) is 0 Å². The van der Waals surface area contributed by atoms with Gasteiger partial charge in [0.15, 0.2) is 0 Å². The summed E-state index contributed by atoms with van der Waals surface area (Å²) in [5.74, 6) is 0.627. The van der Waals surface area contributed by atoms with Crippen molar-refractivity contribution in [2.75, 3.05) is 7.11 Å². The zero-order valence-electron chi connectivity index (χ0n) is 11.7. The topological polar surface area (TPSA) is 47.9 Å². The fraction of sp³-hybridized carbons (Fsp3) is 0.118. The van der Waals surface area contributed by atoms with Crippen LogP contribution in [0.3, 0.4) is 0 Å². The van der Waals surface area contributed by atoms with E-state index in [2.05, 4.69) is 27.1 Å². The zero-order valence-corrected chi connectivity index (χ0v) is 11.7. The molecule has 0 N–H and O–H groups in total. The molecule has 3 rings (SSSR count). The summed E-state index contributed by atoms with van der Waals surface area (Å²) >= 11 is 0. The highest BCUT2D eigenvalue weighted by Crippen LogP contribution is 2.29. The number of methoxy groups -OCH3 is 1. The summed E-state index contributed by atoms with van der Waals surface area (Å²) in [6.45, 7) is 0. The summed E-state index contributed by atoms with van der Waals surface area (Å²) in [5, 5.41) is 0. The Balaban J connectivity index is 2.09. The van der Waals surface area contributed by atoms with E-state index in [0.717, 1.165) is 23.2 Å². The Kier molecular flexibility index (Phi) is 3.87. The molecule has 0 fully saturated rings. The lowest BCUT2D eigenvalue weighted by molar-refractivity contribution is 0.393. The number of hydrogen-bond acceptors (Lipinski definition) is 4. The number of nitrogens with zero attached hydrogens (tertiary/aromatic N) is 3. The summed E-state index contributed by atoms with van der Waals surface area (Å²) < 4.78 is 5.42. The van der Waals surface area contributed by atoms with Crippen LogP contribution in [0.2, 0.25) is 0 Å². The van der Waals surface area contributed by atoms with Crippen molar-refractivity contribution in [1.29, 1.82) is 0 Å². The Morgan fingerprint density at radius 2 is 1.81 bits per heavy atom. The summed E-state index contributed by atoms with van der Waals surface area (Å²) in [6, 6.07) is 12.2. The van der Waals surface area contributed by atoms with Gasteiger partial charge in [-0.05, 0) is 11.6 Å². The van der Waals surface area contributed by atoms with E-state index in [1.165, 1.54) is 5.56 Å². The second-order valence-electron chi connectivity index (χ2n) is 4.60. The van der Waals surface area contributed by atoms with Crippen LogP contribution >= 0.6 is 0 Å². The fourth-order valence-corrected chi connectivity index (χ4v) is 2.30. The van der Waals surface area contributed by atoms with E-state index >= 15 is 0 Å². The van der Waals surface area contributed by atoms with Crippen LogP contribution < -0.4 is 4.74 Å². The van der Waals surface area contributed by atoms with Gasteiger partial charge in [0.2, 0.25) is 5.88 Å². The molecule has 0 radical (unpaired) electrons. The third-order valence-corrected chi connectivity index (χ3v) is 3.27. The van der Waals surface area contributed by atoms with Crippen molar-refractivity contribution in [1.82, 2.24) is 15.0 Å². The van der Waals surface area contributed by atoms with Crippen LogP contribution in [0.4, 0.5) is 0 Å². The highest BCUT2D eigenvalue weighted by molar-refractivity contribution is 5.65. The number of ether oxygens (including phenoxy) is 1. The minimum Gasteiger partial charge on any atom is -0.481 e. The van der Waals surface area contributed by atoms with Gasteiger partial charge in [-0.2, -0.15) is 0 Å². The largest absolute Gasteiger partial charge is 0.481 e. The van der Waals surface area contributed by atoms with Gasteiger partial charge in [-0.3, -0.25) is 9.97 Å². The van der Waals surface area contributed by atoms with Crippen molar-refractivity contribution in [2.24, 2.45) is 0 Å². The van der Waals surface area contributed by atoms with Gasteiger partial charge in [-0.1, -0.05) is 30.3 Å². The average Bonchev–Trinajstić information content (AvgIpc) is 2.57. The van der Waals surface area contributed by atoms with E-state index in [1.807, 2.05) is 24.3 Å². The third-order valence-electron chi connectivity index (χ3n) is 3.27. The minimum atomic E-state index is 0.627. The van der Waals surface area contributed by atoms with Gasteiger partial charge in [-0.25, -0.2) is 4.98 Å². The molecule has 2 heterocycles. The SMILES string of the molecule is COc1nccc(-c2cnccn2)c1Cc1ccccc1. The highest BCUT2D eigenvalue weighted by atomic mass is 16.5. The maximum absolute atomic E-state index is 5.42. The minimum absolute atomic E-state index is 0.627. The predicted molar refractivity (Wildman–Crippen MR) is 81.1 cm³/mol. The number of aromatic nitrogens is 3. The van der Waals surface area contributed by atoms with Crippen LogP contribution in [-0.4, -0.2) is 22.1 Å². The molecule has 21 heavy (non-hydrogen) atoms. The van der Waals surface area contributed by atoms with Gasteiger partial charge in [0.05, 0.1) is 19.0 Å². The lowest BCUT2D eigenvalue weighted by Gasteiger charge is -2.12. The van der Waals surface area contributed by atoms with Crippen LogP contribution in [0, 0.1) is 0 Å². The lowest BCUT2D eigenvalue weighted by atomic mass is 9.99. The standard InChI is InChI=1S/C17H15N3O/c1-21-17-15(11-13-5-3-2-4-6-13)14(7-8-20-17)16-12-18-9-10-19-16/h2-10,12H,11H2,1H3. The summed E-state index contributed by atoms with van der Waals surface area (Å²) in [7, 11) is 1.64. The Hall–Kier alpha value is -2.75. The van der Waals surface area contributed by atoms with Crippen molar-refractivity contribution >= 4 is 0 Å². The molecule has 2 aromatic heterocycles. The normalized spacial score (nSPS) is 10.3. The Morgan fingerprint density at radius 1 is 0.952 bits per heavy atom. The first-order valence-electron chi connectivity index (χ1n) is 6.70. The maximum atomic E-state index is 5.42. The first kappa shape index (κ1) is 13.2. The number of rotatable bonds is 4. The molecule has 0 atom stereocenters. The molecule has 0 unspecified atom stereocenters. The summed E-state index contributed by atoms with van der Waals surface area (Å²) in [6.07, 6.45) is 7.58. The molecule has 0 spiro atoms. The van der Waals surface area contributed by atoms with Crippen LogP contribution in [0.1, 0.15) is 11.1 Å². The van der Waals surface area contributed by atoms with Crippen LogP contribution in [0.15, 0.2) is 61.2 Å². The van der Waals surface area contributed by atoms with Crippen molar-refractivity contribution in [3.05, 3.63) is 72.3 Å². The molecule has 0 saturated heterocycles. The molecule has 0 aliphatic carbocycles. The fourth-order valence-electron chi connectivity index (χ4n) is 2.30. The van der Waals surface area contributed by atoms with Crippen molar-refractivity contribution < 1.29 is 4.74 Å². The van der Waals surface area contributed by atoms with Crippen LogP contribution in [0.5, 0.6) is 5.88 Å². The smallest absolute Gasteiger partial charge is 0.217 e. The zero-order chi connectivity index (χ0) is 14.5. The molecule has 104 valence electrons. The van der Waals surface area contributed by atoms with E-state index in [0.29, 0.717) is 5.88 Å². The highest BCUT2D eigenvalue weighted by Gasteiger charge is 2.13. The van der Waals surface area contributed by atoms with E-state index < -0.39 is 0 Å². The van der Waals surface area contributed by atoms with Gasteiger partial charge < -0.3 is 4.74 Å². The van der Waals surface area contributed by atoms with Gasteiger partial charge in [0.1, 0.15) is 0 Å². The van der Waals surface area contributed by atoms with Crippen LogP contribution in [-0.2, 0) is 6.42 Å². The maximum Gasteiger partial charge on any atom is 0.217 e. The molecule has 0 bridgehead atoms. The second kappa shape index (κ2) is 6.13. The number of benzene rings is 1. The molecule has 1 aromatic carbocycles. The second-order valence-corrected chi connectivity index (χ2v) is 4.60. The molecule has 0 saturated carbocycles. The molecule has 3 aromatic rings. The Labute approximate surface area is 123 Å². The van der Waals surface area contributed by atoms with E-state index in [1.54, 1.807) is 31.9 Å². The van der Waals surface area contributed by atoms with Crippen molar-refractivity contribution in [3.63, 3.8) is 0 Å². The Morgan fingerprint density at radius 3 is 2.52 bits per heavy atom. The molecule has 4 heteroatoms. The number of pyridine rings is 1. The molecule has 0 aliphatic rings. The van der Waals surface area contributed by atoms with E-state index in [4.69, 9.17) is 4.74 Å². The summed E-state index contributed by atoms with van der Waals surface area (Å²) in [5.41, 5.74) is 4.04. The van der Waals surface area contributed by atoms with Gasteiger partial charge in [-0.15, -0.1) is 0 Å². The lowest BCUT2D eigenvalue weighted by Crippen LogP contribution is -2.00. The van der Waals surface area contributed by atoms with Gasteiger partial charge in [0, 0.05) is 36.1 Å². The van der Waals surface area contributed by atoms with E-state index in [-0.39, 0.29) is 0 Å². The monoisotopic (exact) mass is 277 g/mol. The molecular weight excluding hydrogens is 262 g/mol. The quantitative estimate of drug-likeness (QED) is 0.735. The Bertz CT molecular complexity index is 715. The predicted octanol–water partition coefficient (Wildman–Crippen LogP) is 3.14. The van der Waals surface area contributed by atoms with Crippen molar-refractivity contribution in [3.8, 4) is 17.1 Å². The van der Waals surface area contributed by atoms with Gasteiger partial charge >= 0.3 is 0 Å². The number of hydrogen-bond donors (Lipinski definition) is 0. The van der Waals surface area contributed by atoms with Crippen LogP contribution in [0.25, 0.3) is 11.3 Å². The summed E-state index contributed by atoms with van der Waals surface area (Å²) in [4.78, 5) is 12.8. The first-order valence-corrected chi connectivity index (χ1v) is 6.70. The van der Waals surface area contributed by atoms with Gasteiger partial charge in [0.25, 0.3) is 0 Å². The molecule has 4 nitrogen and oxygen atoms in total.